The molecule has 0 aromatic heterocycles. The van der Waals surface area contributed by atoms with E-state index in [1.165, 1.54) is 0 Å². The second-order valence-corrected chi connectivity index (χ2v) is 6.09. The fourth-order valence-electron chi connectivity index (χ4n) is 2.51. The van der Waals surface area contributed by atoms with E-state index < -0.39 is 11.9 Å². The summed E-state index contributed by atoms with van der Waals surface area (Å²) in [6.45, 7) is 7.53. The van der Waals surface area contributed by atoms with Crippen LogP contribution in [0.4, 0.5) is 0 Å². The van der Waals surface area contributed by atoms with Crippen LogP contribution in [0, 0.1) is 10.8 Å². The van der Waals surface area contributed by atoms with Gasteiger partial charge >= 0.3 is 11.9 Å². The fourth-order valence-corrected chi connectivity index (χ4v) is 2.51. The molecule has 6 heteroatoms. The summed E-state index contributed by atoms with van der Waals surface area (Å²) in [6, 6.07) is 0. The molecule has 0 spiro atoms. The third kappa shape index (κ3) is 4.47. The first-order chi connectivity index (χ1) is 8.44. The first kappa shape index (κ1) is 17.9. The maximum Gasteiger partial charge on any atom is 0.303 e. The highest BCUT2D eigenvalue weighted by Gasteiger charge is 2.60. The van der Waals surface area contributed by atoms with Crippen LogP contribution in [0.15, 0.2) is 0 Å². The minimum Gasteiger partial charge on any atom is -0.481 e. The van der Waals surface area contributed by atoms with Gasteiger partial charge in [0.2, 0.25) is 0 Å². The van der Waals surface area contributed by atoms with E-state index in [1.807, 2.05) is 27.7 Å². The molecule has 6 nitrogen and oxygen atoms in total. The summed E-state index contributed by atoms with van der Waals surface area (Å²) in [6.07, 6.45) is -0.673. The van der Waals surface area contributed by atoms with Gasteiger partial charge < -0.3 is 20.4 Å². The van der Waals surface area contributed by atoms with E-state index in [1.54, 1.807) is 0 Å². The van der Waals surface area contributed by atoms with Crippen LogP contribution in [0.25, 0.3) is 0 Å². The van der Waals surface area contributed by atoms with Crippen LogP contribution in [0.3, 0.4) is 0 Å². The molecule has 0 aromatic rings. The minimum absolute atomic E-state index is 0.0632. The lowest BCUT2D eigenvalue weighted by atomic mass is 9.51. The van der Waals surface area contributed by atoms with Crippen LogP contribution >= 0.6 is 0 Å². The second kappa shape index (κ2) is 6.34. The first-order valence-electron chi connectivity index (χ1n) is 6.23. The van der Waals surface area contributed by atoms with Gasteiger partial charge in [-0.05, 0) is 6.42 Å². The Kier molecular flexibility index (Phi) is 5.96. The van der Waals surface area contributed by atoms with Crippen LogP contribution in [-0.2, 0) is 9.59 Å². The van der Waals surface area contributed by atoms with Gasteiger partial charge in [-0.15, -0.1) is 0 Å². The zero-order valence-corrected chi connectivity index (χ0v) is 11.9. The Morgan fingerprint density at radius 2 is 1.11 bits per heavy atom. The summed E-state index contributed by atoms with van der Waals surface area (Å²) in [7, 11) is 0. The van der Waals surface area contributed by atoms with Gasteiger partial charge in [0.1, 0.15) is 0 Å². The lowest BCUT2D eigenvalue weighted by molar-refractivity contribution is -0.247. The number of hydrogen-bond acceptors (Lipinski definition) is 4. The molecule has 0 radical (unpaired) electrons. The summed E-state index contributed by atoms with van der Waals surface area (Å²) in [4.78, 5) is 19.6. The smallest absolute Gasteiger partial charge is 0.303 e. The van der Waals surface area contributed by atoms with Gasteiger partial charge in [-0.3, -0.25) is 9.59 Å². The van der Waals surface area contributed by atoms with Crippen LogP contribution in [-0.4, -0.2) is 44.6 Å². The van der Waals surface area contributed by atoms with Crippen molar-refractivity contribution in [1.29, 1.82) is 0 Å². The fraction of sp³-hybridized carbons (Fsp3) is 0.846. The average molecular weight is 276 g/mol. The molecular weight excluding hydrogens is 252 g/mol. The van der Waals surface area contributed by atoms with E-state index >= 15 is 0 Å². The highest BCUT2D eigenvalue weighted by molar-refractivity contribution is 5.69. The van der Waals surface area contributed by atoms with Gasteiger partial charge in [0.15, 0.2) is 0 Å². The van der Waals surface area contributed by atoms with Crippen LogP contribution in [0.5, 0.6) is 0 Å². The number of rotatable bonds is 4. The van der Waals surface area contributed by atoms with E-state index in [2.05, 4.69) is 0 Å². The Bertz CT molecular complexity index is 290. The van der Waals surface area contributed by atoms with Gasteiger partial charge in [0.25, 0.3) is 0 Å². The topological polar surface area (TPSA) is 115 Å². The van der Waals surface area contributed by atoms with Gasteiger partial charge in [-0.25, -0.2) is 0 Å². The Morgan fingerprint density at radius 3 is 1.26 bits per heavy atom. The molecule has 1 rings (SSSR count). The Balaban J connectivity index is 0.000000344. The second-order valence-electron chi connectivity index (χ2n) is 6.09. The molecule has 0 saturated heterocycles. The number of carboxylic acids is 2. The molecule has 1 saturated carbocycles. The molecule has 0 amide bonds. The number of carbonyl (C=O) groups is 2. The van der Waals surface area contributed by atoms with Crippen LogP contribution < -0.4 is 0 Å². The van der Waals surface area contributed by atoms with Crippen molar-refractivity contribution in [3.8, 4) is 0 Å². The lowest BCUT2D eigenvalue weighted by Gasteiger charge is -2.59. The Labute approximate surface area is 113 Å². The van der Waals surface area contributed by atoms with E-state index in [0.717, 1.165) is 0 Å². The average Bonchev–Trinajstić information content (AvgIpc) is 2.26. The van der Waals surface area contributed by atoms with Crippen molar-refractivity contribution in [2.24, 2.45) is 10.8 Å². The predicted octanol–water partition coefficient (Wildman–Crippen LogP) is 1.10. The van der Waals surface area contributed by atoms with Crippen LogP contribution in [0.2, 0.25) is 0 Å². The molecule has 4 N–H and O–H groups in total. The summed E-state index contributed by atoms with van der Waals surface area (Å²) in [5, 5.41) is 35.1. The van der Waals surface area contributed by atoms with Crippen molar-refractivity contribution in [1.82, 2.24) is 0 Å². The third-order valence-electron chi connectivity index (χ3n) is 3.60. The van der Waals surface area contributed by atoms with Gasteiger partial charge in [0.05, 0.1) is 12.2 Å². The SMILES string of the molecule is CC1(C)C(O)C(C)(C)C1O.O=C(O)CCCC(=O)O. The molecule has 1 fully saturated rings. The quantitative estimate of drug-likeness (QED) is 0.611. The predicted molar refractivity (Wildman–Crippen MR) is 68.7 cm³/mol. The zero-order valence-electron chi connectivity index (χ0n) is 11.9. The molecule has 1 aliphatic carbocycles. The molecule has 0 aliphatic heterocycles. The van der Waals surface area contributed by atoms with Crippen molar-refractivity contribution in [2.75, 3.05) is 0 Å². The van der Waals surface area contributed by atoms with E-state index in [4.69, 9.17) is 10.2 Å². The summed E-state index contributed by atoms with van der Waals surface area (Å²) < 4.78 is 0. The first-order valence-corrected chi connectivity index (χ1v) is 6.23. The van der Waals surface area contributed by atoms with Crippen molar-refractivity contribution in [3.63, 3.8) is 0 Å². The van der Waals surface area contributed by atoms with E-state index in [-0.39, 0.29) is 42.3 Å². The third-order valence-corrected chi connectivity index (χ3v) is 3.60. The maximum atomic E-state index is 9.79. The number of aliphatic carboxylic acids is 2. The molecule has 19 heavy (non-hydrogen) atoms. The largest absolute Gasteiger partial charge is 0.481 e. The van der Waals surface area contributed by atoms with Crippen LogP contribution in [0.1, 0.15) is 47.0 Å². The number of aliphatic hydroxyl groups excluding tert-OH is 2. The highest BCUT2D eigenvalue weighted by atomic mass is 16.4. The monoisotopic (exact) mass is 276 g/mol. The number of carboxylic acid groups (broad SMARTS) is 2. The molecule has 1 aliphatic rings. The molecule has 0 unspecified atom stereocenters. The number of aliphatic hydroxyl groups is 2. The minimum atomic E-state index is -0.948. The Hall–Kier alpha value is -1.14. The normalized spacial score (nSPS) is 26.6. The summed E-state index contributed by atoms with van der Waals surface area (Å²) in [5.74, 6) is -1.90. The molecule has 0 aromatic carbocycles. The summed E-state index contributed by atoms with van der Waals surface area (Å²) in [5.41, 5.74) is -0.632. The lowest BCUT2D eigenvalue weighted by Crippen LogP contribution is -2.67. The summed E-state index contributed by atoms with van der Waals surface area (Å²) >= 11 is 0. The standard InChI is InChI=1S/C8H16O2.C5H8O4/c1-7(2)5(9)8(3,4)6(7)10;6-4(7)2-1-3-5(8)9/h5-6,9-10H,1-4H3;1-3H2,(H,6,7)(H,8,9). The van der Waals surface area contributed by atoms with E-state index in [9.17, 15) is 19.8 Å². The molecule has 0 bridgehead atoms. The van der Waals surface area contributed by atoms with Crippen molar-refractivity contribution in [3.05, 3.63) is 0 Å². The van der Waals surface area contributed by atoms with Crippen molar-refractivity contribution in [2.45, 2.75) is 59.2 Å². The molecule has 112 valence electrons. The zero-order chi connectivity index (χ0) is 15.4. The Morgan fingerprint density at radius 1 is 0.842 bits per heavy atom. The molecular formula is C13H24O6. The van der Waals surface area contributed by atoms with Crippen molar-refractivity contribution >= 4 is 11.9 Å². The van der Waals surface area contributed by atoms with Crippen molar-refractivity contribution < 1.29 is 30.0 Å². The molecule has 0 heterocycles. The van der Waals surface area contributed by atoms with E-state index in [0.29, 0.717) is 0 Å². The number of hydrogen-bond donors (Lipinski definition) is 4. The van der Waals surface area contributed by atoms with Gasteiger partial charge in [-0.1, -0.05) is 27.7 Å². The molecule has 0 atom stereocenters. The van der Waals surface area contributed by atoms with Gasteiger partial charge in [0, 0.05) is 23.7 Å². The van der Waals surface area contributed by atoms with Gasteiger partial charge in [-0.2, -0.15) is 0 Å². The highest BCUT2D eigenvalue weighted by Crippen LogP contribution is 2.53. The maximum absolute atomic E-state index is 9.79.